The van der Waals surface area contributed by atoms with Crippen molar-refractivity contribution < 1.29 is 9.53 Å². The molecule has 1 aromatic heterocycles. The summed E-state index contributed by atoms with van der Waals surface area (Å²) >= 11 is 0. The molecule has 1 aliphatic rings. The van der Waals surface area contributed by atoms with E-state index in [1.165, 1.54) is 0 Å². The number of nitrogens with zero attached hydrogens (tertiary/aromatic N) is 3. The van der Waals surface area contributed by atoms with Crippen molar-refractivity contribution in [3.8, 4) is 5.88 Å². The Balaban J connectivity index is 1.90. The largest absolute Gasteiger partial charge is 0.475 e. The van der Waals surface area contributed by atoms with Crippen molar-refractivity contribution >= 4 is 22.8 Å². The minimum absolute atomic E-state index is 0.0420. The van der Waals surface area contributed by atoms with Crippen LogP contribution >= 0.6 is 0 Å². The number of primary amides is 1. The van der Waals surface area contributed by atoms with Gasteiger partial charge < -0.3 is 15.4 Å². The smallest absolute Gasteiger partial charge is 0.258 e. The molecule has 0 unspecified atom stereocenters. The summed E-state index contributed by atoms with van der Waals surface area (Å²) in [5.74, 6) is 1.08. The highest BCUT2D eigenvalue weighted by molar-refractivity contribution is 5.78. The van der Waals surface area contributed by atoms with Gasteiger partial charge in [-0.3, -0.25) is 4.79 Å². The zero-order chi connectivity index (χ0) is 16.2. The van der Waals surface area contributed by atoms with Crippen molar-refractivity contribution in [2.24, 2.45) is 11.7 Å². The third-order valence-electron chi connectivity index (χ3n) is 4.16. The van der Waals surface area contributed by atoms with Crippen molar-refractivity contribution in [2.45, 2.75) is 26.2 Å². The van der Waals surface area contributed by atoms with E-state index in [1.807, 2.05) is 24.3 Å². The van der Waals surface area contributed by atoms with E-state index in [2.05, 4.69) is 16.8 Å². The first-order chi connectivity index (χ1) is 11.2. The summed E-state index contributed by atoms with van der Waals surface area (Å²) in [6.07, 6.45) is 2.41. The zero-order valence-corrected chi connectivity index (χ0v) is 13.4. The fraction of sp³-hybridized carbons (Fsp3) is 0.471. The molecular weight excluding hydrogens is 292 g/mol. The summed E-state index contributed by atoms with van der Waals surface area (Å²) in [5.41, 5.74) is 7.09. The average molecular weight is 314 g/mol. The summed E-state index contributed by atoms with van der Waals surface area (Å²) in [6, 6.07) is 7.78. The lowest BCUT2D eigenvalue weighted by Crippen LogP contribution is -2.39. The highest BCUT2D eigenvalue weighted by atomic mass is 16.5. The molecule has 2 heterocycles. The Kier molecular flexibility index (Phi) is 4.60. The molecule has 1 saturated heterocycles. The number of rotatable bonds is 5. The van der Waals surface area contributed by atoms with Gasteiger partial charge in [-0.05, 0) is 31.4 Å². The quantitative estimate of drug-likeness (QED) is 0.914. The van der Waals surface area contributed by atoms with Crippen LogP contribution in [0.15, 0.2) is 24.3 Å². The van der Waals surface area contributed by atoms with Crippen LogP contribution in [0.3, 0.4) is 0 Å². The van der Waals surface area contributed by atoms with Crippen LogP contribution in [0.4, 0.5) is 5.82 Å². The number of ether oxygens (including phenoxy) is 1. The highest BCUT2D eigenvalue weighted by Crippen LogP contribution is 2.30. The van der Waals surface area contributed by atoms with Gasteiger partial charge in [0.2, 0.25) is 5.91 Å². The molecule has 0 saturated carbocycles. The van der Waals surface area contributed by atoms with E-state index < -0.39 is 0 Å². The summed E-state index contributed by atoms with van der Waals surface area (Å²) < 4.78 is 5.82. The molecule has 1 amide bonds. The molecule has 3 rings (SSSR count). The highest BCUT2D eigenvalue weighted by Gasteiger charge is 2.26. The number of carbonyl (C=O) groups excluding carboxylic acids is 1. The minimum Gasteiger partial charge on any atom is -0.475 e. The van der Waals surface area contributed by atoms with E-state index in [-0.39, 0.29) is 11.8 Å². The van der Waals surface area contributed by atoms with Crippen LogP contribution < -0.4 is 15.4 Å². The fourth-order valence-corrected chi connectivity index (χ4v) is 2.85. The molecule has 0 bridgehead atoms. The zero-order valence-electron chi connectivity index (χ0n) is 13.4. The van der Waals surface area contributed by atoms with Crippen LogP contribution in [0.25, 0.3) is 11.0 Å². The predicted molar refractivity (Wildman–Crippen MR) is 89.5 cm³/mol. The maximum atomic E-state index is 11.3. The molecule has 0 spiro atoms. The molecule has 2 N–H and O–H groups in total. The summed E-state index contributed by atoms with van der Waals surface area (Å²) in [5, 5.41) is 0. The summed E-state index contributed by atoms with van der Waals surface area (Å²) in [7, 11) is 0. The molecule has 1 aromatic carbocycles. The number of nitrogens with two attached hydrogens (primary N) is 1. The van der Waals surface area contributed by atoms with E-state index in [0.717, 1.165) is 49.2 Å². The number of aromatic nitrogens is 2. The Labute approximate surface area is 135 Å². The number of amides is 1. The first-order valence-electron chi connectivity index (χ1n) is 8.13. The van der Waals surface area contributed by atoms with Gasteiger partial charge in [-0.25, -0.2) is 9.97 Å². The second kappa shape index (κ2) is 6.81. The molecule has 0 radical (unpaired) electrons. The third kappa shape index (κ3) is 3.36. The van der Waals surface area contributed by atoms with Crippen molar-refractivity contribution in [1.29, 1.82) is 0 Å². The Hall–Kier alpha value is -2.37. The van der Waals surface area contributed by atoms with Crippen LogP contribution in [0.1, 0.15) is 26.2 Å². The van der Waals surface area contributed by atoms with E-state index in [4.69, 9.17) is 15.5 Å². The van der Waals surface area contributed by atoms with Crippen LogP contribution in [-0.2, 0) is 4.79 Å². The van der Waals surface area contributed by atoms with Gasteiger partial charge in [0.25, 0.3) is 5.88 Å². The van der Waals surface area contributed by atoms with Crippen molar-refractivity contribution in [3.05, 3.63) is 24.3 Å². The number of para-hydroxylation sites is 2. The standard InChI is InChI=1S/C17H22N4O2/c1-2-11-23-17-16(19-13-5-3-4-6-14(13)20-17)21-9-7-12(8-10-21)15(18)22/h3-6,12H,2,7-11H2,1H3,(H2,18,22). The number of fused-ring (bicyclic) bond motifs is 1. The molecule has 1 fully saturated rings. The van der Waals surface area contributed by atoms with Crippen LogP contribution in [0, 0.1) is 5.92 Å². The lowest BCUT2D eigenvalue weighted by Gasteiger charge is -2.32. The van der Waals surface area contributed by atoms with Crippen molar-refractivity contribution in [1.82, 2.24) is 9.97 Å². The molecular formula is C17H22N4O2. The number of piperidine rings is 1. The third-order valence-corrected chi connectivity index (χ3v) is 4.16. The molecule has 6 heteroatoms. The van der Waals surface area contributed by atoms with E-state index in [9.17, 15) is 4.79 Å². The molecule has 0 atom stereocenters. The van der Waals surface area contributed by atoms with E-state index in [1.54, 1.807) is 0 Å². The number of benzene rings is 1. The number of hydrogen-bond acceptors (Lipinski definition) is 5. The second-order valence-electron chi connectivity index (χ2n) is 5.85. The SMILES string of the molecule is CCCOc1nc2ccccc2nc1N1CCC(C(N)=O)CC1. The maximum Gasteiger partial charge on any atom is 0.258 e. The van der Waals surface area contributed by atoms with Gasteiger partial charge in [-0.2, -0.15) is 0 Å². The Bertz CT molecular complexity index is 696. The predicted octanol–water partition coefficient (Wildman–Crippen LogP) is 2.12. The maximum absolute atomic E-state index is 11.3. The van der Waals surface area contributed by atoms with E-state index in [0.29, 0.717) is 12.5 Å². The van der Waals surface area contributed by atoms with E-state index >= 15 is 0 Å². The van der Waals surface area contributed by atoms with Crippen molar-refractivity contribution in [3.63, 3.8) is 0 Å². The normalized spacial score (nSPS) is 15.8. The van der Waals surface area contributed by atoms with Crippen LogP contribution in [-0.4, -0.2) is 35.6 Å². The molecule has 0 aliphatic carbocycles. The van der Waals surface area contributed by atoms with Gasteiger partial charge >= 0.3 is 0 Å². The molecule has 6 nitrogen and oxygen atoms in total. The van der Waals surface area contributed by atoms with Crippen LogP contribution in [0.2, 0.25) is 0 Å². The topological polar surface area (TPSA) is 81.3 Å². The van der Waals surface area contributed by atoms with Gasteiger partial charge in [0.1, 0.15) is 0 Å². The Morgan fingerprint density at radius 1 is 1.26 bits per heavy atom. The molecule has 23 heavy (non-hydrogen) atoms. The van der Waals surface area contributed by atoms with Gasteiger partial charge in [0.05, 0.1) is 17.6 Å². The van der Waals surface area contributed by atoms with Gasteiger partial charge in [0.15, 0.2) is 5.82 Å². The number of carbonyl (C=O) groups is 1. The Morgan fingerprint density at radius 2 is 1.91 bits per heavy atom. The van der Waals surface area contributed by atoms with Crippen LogP contribution in [0.5, 0.6) is 5.88 Å². The summed E-state index contributed by atoms with van der Waals surface area (Å²) in [4.78, 5) is 22.8. The Morgan fingerprint density at radius 3 is 2.52 bits per heavy atom. The minimum atomic E-state index is -0.211. The fourth-order valence-electron chi connectivity index (χ4n) is 2.85. The van der Waals surface area contributed by atoms with Gasteiger partial charge in [-0.1, -0.05) is 19.1 Å². The van der Waals surface area contributed by atoms with Gasteiger partial charge in [-0.15, -0.1) is 0 Å². The molecule has 2 aromatic rings. The number of anilines is 1. The molecule has 1 aliphatic heterocycles. The summed E-state index contributed by atoms with van der Waals surface area (Å²) in [6.45, 7) is 4.15. The molecule has 122 valence electrons. The number of hydrogen-bond donors (Lipinski definition) is 1. The van der Waals surface area contributed by atoms with Gasteiger partial charge in [0, 0.05) is 19.0 Å². The lowest BCUT2D eigenvalue weighted by atomic mass is 9.96. The first-order valence-corrected chi connectivity index (χ1v) is 8.13. The monoisotopic (exact) mass is 314 g/mol. The van der Waals surface area contributed by atoms with Crippen molar-refractivity contribution in [2.75, 3.05) is 24.6 Å². The first kappa shape index (κ1) is 15.5. The lowest BCUT2D eigenvalue weighted by molar-refractivity contribution is -0.122. The average Bonchev–Trinajstić information content (AvgIpc) is 2.59. The second-order valence-corrected chi connectivity index (χ2v) is 5.85.